The van der Waals surface area contributed by atoms with Crippen molar-refractivity contribution in [3.63, 3.8) is 0 Å². The Morgan fingerprint density at radius 2 is 2.07 bits per heavy atom. The summed E-state index contributed by atoms with van der Waals surface area (Å²) >= 11 is 0. The van der Waals surface area contributed by atoms with Gasteiger partial charge in [0, 0.05) is 12.4 Å². The molecule has 2 rings (SSSR count). The third-order valence-electron chi connectivity index (χ3n) is 2.27. The molecule has 0 unspecified atom stereocenters. The molecule has 14 heavy (non-hydrogen) atoms. The third kappa shape index (κ3) is 1.55. The highest BCUT2D eigenvalue weighted by Crippen LogP contribution is 2.21. The molecule has 0 aliphatic carbocycles. The van der Waals surface area contributed by atoms with Crippen molar-refractivity contribution in [1.82, 2.24) is 9.55 Å². The number of hydrogen-bond donors (Lipinski definition) is 0. The van der Waals surface area contributed by atoms with Gasteiger partial charge in [-0.25, -0.2) is 4.98 Å². The molecule has 0 saturated heterocycles. The molecule has 1 aromatic carbocycles. The molecule has 0 aliphatic rings. The summed E-state index contributed by atoms with van der Waals surface area (Å²) < 4.78 is 1.93. The van der Waals surface area contributed by atoms with E-state index in [9.17, 15) is 0 Å². The summed E-state index contributed by atoms with van der Waals surface area (Å²) in [6, 6.07) is 8.34. The predicted octanol–water partition coefficient (Wildman–Crippen LogP) is 2.80. The summed E-state index contributed by atoms with van der Waals surface area (Å²) in [5.74, 6) is 0.516. The molecule has 0 aliphatic heterocycles. The van der Waals surface area contributed by atoms with E-state index in [1.807, 2.05) is 16.8 Å². The molecule has 2 aromatic rings. The molecule has 0 amide bonds. The fourth-order valence-corrected chi connectivity index (χ4v) is 1.56. The lowest BCUT2D eigenvalue weighted by Gasteiger charge is -2.12. The van der Waals surface area contributed by atoms with Gasteiger partial charge in [0.15, 0.2) is 6.33 Å². The minimum atomic E-state index is 0.516. The van der Waals surface area contributed by atoms with Gasteiger partial charge in [0.25, 0.3) is 0 Å². The minimum Gasteiger partial charge on any atom is -0.297 e. The van der Waals surface area contributed by atoms with Gasteiger partial charge in [0.1, 0.15) is 0 Å². The number of nitrogens with zero attached hydrogens (tertiary/aromatic N) is 2. The standard InChI is InChI=1S/C12H13N2/c1-10(2)11-5-3-4-6-12(11)14-8-7-13-9-14/h3-8,10H,1-2H3. The highest BCUT2D eigenvalue weighted by molar-refractivity contribution is 5.42. The maximum atomic E-state index is 3.94. The topological polar surface area (TPSA) is 17.8 Å². The first-order valence-electron chi connectivity index (χ1n) is 4.79. The van der Waals surface area contributed by atoms with Crippen LogP contribution in [0.25, 0.3) is 5.69 Å². The van der Waals surface area contributed by atoms with Crippen LogP contribution in [0.1, 0.15) is 25.3 Å². The largest absolute Gasteiger partial charge is 0.297 e. The van der Waals surface area contributed by atoms with E-state index in [4.69, 9.17) is 0 Å². The number of para-hydroxylation sites is 1. The Morgan fingerprint density at radius 3 is 2.71 bits per heavy atom. The highest BCUT2D eigenvalue weighted by Gasteiger charge is 2.06. The summed E-state index contributed by atoms with van der Waals surface area (Å²) in [6.07, 6.45) is 6.58. The number of rotatable bonds is 2. The lowest BCUT2D eigenvalue weighted by atomic mass is 10.0. The Labute approximate surface area is 84.2 Å². The summed E-state index contributed by atoms with van der Waals surface area (Å²) in [4.78, 5) is 3.94. The molecule has 0 atom stereocenters. The molecular formula is C12H13N2. The smallest absolute Gasteiger partial charge is 0.181 e. The van der Waals surface area contributed by atoms with Gasteiger partial charge in [0.2, 0.25) is 0 Å². The first kappa shape index (κ1) is 9.00. The van der Waals surface area contributed by atoms with Gasteiger partial charge in [-0.1, -0.05) is 32.0 Å². The fraction of sp³-hybridized carbons (Fsp3) is 0.250. The van der Waals surface area contributed by atoms with Gasteiger partial charge in [-0.3, -0.25) is 4.57 Å². The SMILES string of the molecule is CC(C)c1ccccc1-n1[c]ncc1. The monoisotopic (exact) mass is 185 g/mol. The first-order valence-corrected chi connectivity index (χ1v) is 4.79. The average Bonchev–Trinajstić information content (AvgIpc) is 2.70. The van der Waals surface area contributed by atoms with Crippen LogP contribution in [0.2, 0.25) is 0 Å². The Hall–Kier alpha value is -1.57. The molecule has 1 heterocycles. The van der Waals surface area contributed by atoms with Gasteiger partial charge in [-0.2, -0.15) is 0 Å². The van der Waals surface area contributed by atoms with Crippen molar-refractivity contribution in [2.45, 2.75) is 19.8 Å². The lowest BCUT2D eigenvalue weighted by Crippen LogP contribution is -1.98. The van der Waals surface area contributed by atoms with Crippen molar-refractivity contribution in [3.8, 4) is 5.69 Å². The first-order chi connectivity index (χ1) is 6.79. The maximum absolute atomic E-state index is 3.94. The Kier molecular flexibility index (Phi) is 2.35. The third-order valence-corrected chi connectivity index (χ3v) is 2.27. The Bertz CT molecular complexity index is 402. The molecule has 0 N–H and O–H groups in total. The number of imidazole rings is 1. The van der Waals surface area contributed by atoms with Crippen LogP contribution in [-0.4, -0.2) is 9.55 Å². The van der Waals surface area contributed by atoms with E-state index >= 15 is 0 Å². The van der Waals surface area contributed by atoms with Crippen LogP contribution < -0.4 is 0 Å². The molecule has 0 saturated carbocycles. The second kappa shape index (κ2) is 3.66. The molecule has 0 fully saturated rings. The van der Waals surface area contributed by atoms with E-state index in [2.05, 4.69) is 43.4 Å². The van der Waals surface area contributed by atoms with E-state index in [0.29, 0.717) is 5.92 Å². The second-order valence-corrected chi connectivity index (χ2v) is 3.61. The molecule has 71 valence electrons. The van der Waals surface area contributed by atoms with Crippen LogP contribution in [0.5, 0.6) is 0 Å². The highest BCUT2D eigenvalue weighted by atomic mass is 15.0. The van der Waals surface area contributed by atoms with Gasteiger partial charge in [0.05, 0.1) is 5.69 Å². The maximum Gasteiger partial charge on any atom is 0.181 e. The molecule has 0 spiro atoms. The van der Waals surface area contributed by atoms with E-state index < -0.39 is 0 Å². The lowest BCUT2D eigenvalue weighted by molar-refractivity contribution is 0.845. The van der Waals surface area contributed by atoms with Crippen LogP contribution in [0.15, 0.2) is 36.7 Å². The molecule has 1 radical (unpaired) electrons. The van der Waals surface area contributed by atoms with Gasteiger partial charge in [-0.15, -0.1) is 0 Å². The number of benzene rings is 1. The van der Waals surface area contributed by atoms with Crippen molar-refractivity contribution in [2.24, 2.45) is 0 Å². The number of hydrogen-bond acceptors (Lipinski definition) is 1. The average molecular weight is 185 g/mol. The molecule has 0 bridgehead atoms. The van der Waals surface area contributed by atoms with Crippen molar-refractivity contribution in [1.29, 1.82) is 0 Å². The zero-order valence-corrected chi connectivity index (χ0v) is 8.44. The summed E-state index contributed by atoms with van der Waals surface area (Å²) in [6.45, 7) is 4.38. The van der Waals surface area contributed by atoms with Crippen LogP contribution in [0, 0.1) is 6.33 Å². The summed E-state index contributed by atoms with van der Waals surface area (Å²) in [7, 11) is 0. The van der Waals surface area contributed by atoms with E-state index in [-0.39, 0.29) is 0 Å². The van der Waals surface area contributed by atoms with Crippen molar-refractivity contribution in [3.05, 3.63) is 48.5 Å². The fourth-order valence-electron chi connectivity index (χ4n) is 1.56. The van der Waals surface area contributed by atoms with Crippen LogP contribution >= 0.6 is 0 Å². The molecule has 2 heteroatoms. The number of aromatic nitrogens is 2. The molecule has 2 nitrogen and oxygen atoms in total. The van der Waals surface area contributed by atoms with Crippen molar-refractivity contribution < 1.29 is 0 Å². The zero-order chi connectivity index (χ0) is 9.97. The zero-order valence-electron chi connectivity index (χ0n) is 8.44. The van der Waals surface area contributed by atoms with Crippen molar-refractivity contribution >= 4 is 0 Å². The summed E-state index contributed by atoms with van der Waals surface area (Å²) in [5.41, 5.74) is 2.49. The van der Waals surface area contributed by atoms with Crippen LogP contribution in [0.3, 0.4) is 0 Å². The van der Waals surface area contributed by atoms with Gasteiger partial charge in [-0.05, 0) is 17.5 Å². The van der Waals surface area contributed by atoms with Crippen LogP contribution in [0.4, 0.5) is 0 Å². The quantitative estimate of drug-likeness (QED) is 0.703. The van der Waals surface area contributed by atoms with Crippen molar-refractivity contribution in [2.75, 3.05) is 0 Å². The predicted molar refractivity (Wildman–Crippen MR) is 56.5 cm³/mol. The van der Waals surface area contributed by atoms with Gasteiger partial charge < -0.3 is 0 Å². The van der Waals surface area contributed by atoms with Gasteiger partial charge >= 0.3 is 0 Å². The van der Waals surface area contributed by atoms with E-state index in [1.165, 1.54) is 11.3 Å². The second-order valence-electron chi connectivity index (χ2n) is 3.61. The van der Waals surface area contributed by atoms with E-state index in [1.54, 1.807) is 6.20 Å². The Balaban J connectivity index is 2.53. The van der Waals surface area contributed by atoms with Crippen LogP contribution in [-0.2, 0) is 0 Å². The normalized spacial score (nSPS) is 10.8. The minimum absolute atomic E-state index is 0.516. The Morgan fingerprint density at radius 1 is 1.29 bits per heavy atom. The van der Waals surface area contributed by atoms with E-state index in [0.717, 1.165) is 0 Å². The molecule has 1 aromatic heterocycles. The summed E-state index contributed by atoms with van der Waals surface area (Å²) in [5, 5.41) is 0. The molecular weight excluding hydrogens is 172 g/mol.